The summed E-state index contributed by atoms with van der Waals surface area (Å²) in [5, 5.41) is 12.9. The fourth-order valence-corrected chi connectivity index (χ4v) is 2.65. The van der Waals surface area contributed by atoms with E-state index in [4.69, 9.17) is 5.11 Å². The van der Waals surface area contributed by atoms with Gasteiger partial charge in [0.2, 0.25) is 0 Å². The quantitative estimate of drug-likeness (QED) is 0.496. The number of fused-ring (bicyclic) bond motifs is 1. The highest BCUT2D eigenvalue weighted by Crippen LogP contribution is 2.31. The molecule has 1 aromatic carbocycles. The van der Waals surface area contributed by atoms with Crippen LogP contribution >= 0.6 is 0 Å². The first-order valence-electron chi connectivity index (χ1n) is 7.61. The van der Waals surface area contributed by atoms with Crippen molar-refractivity contribution in [1.82, 2.24) is 14.7 Å². The van der Waals surface area contributed by atoms with Gasteiger partial charge in [0.05, 0.1) is 24.5 Å². The standard InChI is InChI=1S/C17H12F5N3O2/c18-11-2-1-10(13(19)7-11)8-25-15-9-24(17(20,21)22)6-5-12(15)14(23-25)3-4-16(26)27/h1-7H,8-9H2,(H,26,27). The Morgan fingerprint density at radius 1 is 1.30 bits per heavy atom. The molecule has 3 rings (SSSR count). The molecule has 2 heterocycles. The average Bonchev–Trinajstić information content (AvgIpc) is 2.92. The number of hydrogen-bond donors (Lipinski definition) is 1. The summed E-state index contributed by atoms with van der Waals surface area (Å²) in [7, 11) is 0. The molecule has 0 radical (unpaired) electrons. The van der Waals surface area contributed by atoms with Gasteiger partial charge in [-0.25, -0.2) is 13.6 Å². The molecule has 1 aliphatic heterocycles. The van der Waals surface area contributed by atoms with E-state index in [0.29, 0.717) is 11.6 Å². The van der Waals surface area contributed by atoms with Gasteiger partial charge in [-0.3, -0.25) is 9.58 Å². The van der Waals surface area contributed by atoms with E-state index in [1.54, 1.807) is 0 Å². The Kier molecular flexibility index (Phi) is 4.73. The first kappa shape index (κ1) is 18.6. The predicted molar refractivity (Wildman–Crippen MR) is 85.0 cm³/mol. The van der Waals surface area contributed by atoms with Crippen LogP contribution in [0.2, 0.25) is 0 Å². The third-order valence-corrected chi connectivity index (χ3v) is 3.91. The van der Waals surface area contributed by atoms with Gasteiger partial charge in [-0.2, -0.15) is 18.3 Å². The molecule has 0 bridgehead atoms. The second kappa shape index (κ2) is 6.86. The Hall–Kier alpha value is -3.17. The zero-order valence-electron chi connectivity index (χ0n) is 13.5. The third-order valence-electron chi connectivity index (χ3n) is 3.91. The molecule has 142 valence electrons. The van der Waals surface area contributed by atoms with Crippen LogP contribution in [-0.2, 0) is 17.9 Å². The van der Waals surface area contributed by atoms with Crippen LogP contribution in [0.5, 0.6) is 0 Å². The average molecular weight is 385 g/mol. The molecule has 0 fully saturated rings. The fourth-order valence-electron chi connectivity index (χ4n) is 2.65. The first-order chi connectivity index (χ1) is 12.6. The Morgan fingerprint density at radius 2 is 2.04 bits per heavy atom. The van der Waals surface area contributed by atoms with Gasteiger partial charge < -0.3 is 5.11 Å². The van der Waals surface area contributed by atoms with E-state index < -0.39 is 30.4 Å². The number of aliphatic carboxylic acids is 1. The summed E-state index contributed by atoms with van der Waals surface area (Å²) < 4.78 is 67.2. The molecule has 0 amide bonds. The number of carboxylic acids is 1. The van der Waals surface area contributed by atoms with Crippen molar-refractivity contribution in [3.05, 3.63) is 64.6 Å². The van der Waals surface area contributed by atoms with E-state index in [1.165, 1.54) is 12.1 Å². The van der Waals surface area contributed by atoms with Crippen molar-refractivity contribution in [3.8, 4) is 0 Å². The van der Waals surface area contributed by atoms with E-state index in [-0.39, 0.29) is 28.4 Å². The van der Waals surface area contributed by atoms with Crippen LogP contribution in [0.25, 0.3) is 12.2 Å². The lowest BCUT2D eigenvalue weighted by atomic mass is 10.1. The van der Waals surface area contributed by atoms with Gasteiger partial charge in [0, 0.05) is 29.5 Å². The molecule has 1 N–H and O–H groups in total. The SMILES string of the molecule is O=C(O)C=Cc1nn(Cc2ccc(F)cc2F)c2c1C=CN(C(F)(F)F)C2. The summed E-state index contributed by atoms with van der Waals surface area (Å²) in [6, 6.07) is 2.87. The van der Waals surface area contributed by atoms with E-state index in [1.807, 2.05) is 0 Å². The van der Waals surface area contributed by atoms with Gasteiger partial charge in [0.1, 0.15) is 11.6 Å². The van der Waals surface area contributed by atoms with Crippen molar-refractivity contribution >= 4 is 18.1 Å². The Labute approximate surface area is 149 Å². The number of aromatic nitrogens is 2. The second-order valence-corrected chi connectivity index (χ2v) is 5.72. The van der Waals surface area contributed by atoms with Crippen molar-refractivity contribution in [2.45, 2.75) is 19.4 Å². The molecular formula is C17H12F5N3O2. The number of rotatable bonds is 4. The molecule has 5 nitrogen and oxygen atoms in total. The minimum Gasteiger partial charge on any atom is -0.478 e. The lowest BCUT2D eigenvalue weighted by Gasteiger charge is -2.26. The maximum absolute atomic E-state index is 13.9. The normalized spacial score (nSPS) is 14.0. The lowest BCUT2D eigenvalue weighted by molar-refractivity contribution is -0.231. The summed E-state index contributed by atoms with van der Waals surface area (Å²) in [6.07, 6.45) is -0.688. The van der Waals surface area contributed by atoms with E-state index in [2.05, 4.69) is 5.10 Å². The smallest absolute Gasteiger partial charge is 0.478 e. The van der Waals surface area contributed by atoms with Crippen molar-refractivity contribution in [1.29, 1.82) is 0 Å². The molecule has 0 atom stereocenters. The molecule has 1 aliphatic rings. The summed E-state index contributed by atoms with van der Waals surface area (Å²) >= 11 is 0. The van der Waals surface area contributed by atoms with Crippen LogP contribution in [-0.4, -0.2) is 32.1 Å². The van der Waals surface area contributed by atoms with Crippen molar-refractivity contribution in [3.63, 3.8) is 0 Å². The summed E-state index contributed by atoms with van der Waals surface area (Å²) in [5.74, 6) is -2.89. The fraction of sp³-hybridized carbons (Fsp3) is 0.176. The largest absolute Gasteiger partial charge is 0.484 e. The lowest BCUT2D eigenvalue weighted by Crippen LogP contribution is -2.35. The van der Waals surface area contributed by atoms with Crippen LogP contribution in [0.3, 0.4) is 0 Å². The predicted octanol–water partition coefficient (Wildman–Crippen LogP) is 3.61. The topological polar surface area (TPSA) is 58.4 Å². The van der Waals surface area contributed by atoms with Gasteiger partial charge in [-0.1, -0.05) is 6.07 Å². The zero-order valence-corrected chi connectivity index (χ0v) is 13.5. The highest BCUT2D eigenvalue weighted by atomic mass is 19.4. The number of carbonyl (C=O) groups is 1. The number of hydrogen-bond acceptors (Lipinski definition) is 3. The second-order valence-electron chi connectivity index (χ2n) is 5.72. The Balaban J connectivity index is 2.03. The van der Waals surface area contributed by atoms with Gasteiger partial charge in [0.15, 0.2) is 0 Å². The molecule has 27 heavy (non-hydrogen) atoms. The number of halogens is 5. The van der Waals surface area contributed by atoms with Crippen molar-refractivity contribution in [2.75, 3.05) is 0 Å². The Morgan fingerprint density at radius 3 is 2.67 bits per heavy atom. The Bertz CT molecular complexity index is 947. The highest BCUT2D eigenvalue weighted by Gasteiger charge is 2.38. The van der Waals surface area contributed by atoms with Gasteiger partial charge in [-0.05, 0) is 18.2 Å². The van der Waals surface area contributed by atoms with Gasteiger partial charge in [0.25, 0.3) is 0 Å². The van der Waals surface area contributed by atoms with E-state index in [0.717, 1.165) is 29.1 Å². The molecule has 2 aromatic rings. The van der Waals surface area contributed by atoms with Crippen LogP contribution in [0.15, 0.2) is 30.5 Å². The number of alkyl halides is 3. The molecule has 1 aromatic heterocycles. The van der Waals surface area contributed by atoms with E-state index in [9.17, 15) is 26.7 Å². The van der Waals surface area contributed by atoms with Crippen molar-refractivity contribution < 1.29 is 31.9 Å². The number of carboxylic acid groups (broad SMARTS) is 1. The molecule has 0 aliphatic carbocycles. The summed E-state index contributed by atoms with van der Waals surface area (Å²) in [5.41, 5.74) is 0.593. The van der Waals surface area contributed by atoms with Crippen LogP contribution in [0.1, 0.15) is 22.5 Å². The molecule has 0 spiro atoms. The number of benzene rings is 1. The maximum Gasteiger partial charge on any atom is 0.484 e. The number of nitrogens with zero attached hydrogens (tertiary/aromatic N) is 3. The van der Waals surface area contributed by atoms with E-state index >= 15 is 0 Å². The van der Waals surface area contributed by atoms with Crippen molar-refractivity contribution in [2.24, 2.45) is 0 Å². The van der Waals surface area contributed by atoms with Gasteiger partial charge in [-0.15, -0.1) is 0 Å². The molecule has 0 saturated heterocycles. The molecular weight excluding hydrogens is 373 g/mol. The minimum atomic E-state index is -4.62. The molecule has 0 unspecified atom stereocenters. The van der Waals surface area contributed by atoms with Crippen LogP contribution in [0.4, 0.5) is 22.0 Å². The van der Waals surface area contributed by atoms with Crippen LogP contribution in [0, 0.1) is 11.6 Å². The maximum atomic E-state index is 13.9. The first-order valence-corrected chi connectivity index (χ1v) is 7.61. The van der Waals surface area contributed by atoms with Crippen LogP contribution < -0.4 is 0 Å². The molecule has 10 heteroatoms. The summed E-state index contributed by atoms with van der Waals surface area (Å²) in [4.78, 5) is 10.8. The third kappa shape index (κ3) is 3.99. The molecule has 0 saturated carbocycles. The highest BCUT2D eigenvalue weighted by molar-refractivity contribution is 5.86. The minimum absolute atomic E-state index is 0.0311. The zero-order chi connectivity index (χ0) is 19.8. The summed E-state index contributed by atoms with van der Waals surface area (Å²) in [6.45, 7) is -0.818. The van der Waals surface area contributed by atoms with Gasteiger partial charge >= 0.3 is 12.3 Å². The monoisotopic (exact) mass is 385 g/mol.